The predicted octanol–water partition coefficient (Wildman–Crippen LogP) is 5.67. The van der Waals surface area contributed by atoms with Gasteiger partial charge in [0, 0.05) is 6.54 Å². The number of rotatable bonds is 10. The van der Waals surface area contributed by atoms with E-state index in [0.717, 1.165) is 27.8 Å². The van der Waals surface area contributed by atoms with Crippen LogP contribution in [0.4, 0.5) is 0 Å². The second-order valence-corrected chi connectivity index (χ2v) is 6.75. The van der Waals surface area contributed by atoms with Crippen LogP contribution >= 0.6 is 31.9 Å². The zero-order valence-corrected chi connectivity index (χ0v) is 15.6. The van der Waals surface area contributed by atoms with Crippen LogP contribution in [0, 0.1) is 0 Å². The maximum absolute atomic E-state index is 5.31. The largest absolute Gasteiger partial charge is 0.494 e. The van der Waals surface area contributed by atoms with Gasteiger partial charge < -0.3 is 10.1 Å². The molecule has 1 aromatic rings. The number of hydrogen-bond donors (Lipinski definition) is 1. The van der Waals surface area contributed by atoms with Crippen molar-refractivity contribution in [2.75, 3.05) is 13.7 Å². The van der Waals surface area contributed by atoms with Crippen LogP contribution in [0.5, 0.6) is 5.75 Å². The van der Waals surface area contributed by atoms with Crippen molar-refractivity contribution in [3.05, 3.63) is 26.6 Å². The normalized spacial score (nSPS) is 10.8. The monoisotopic (exact) mass is 405 g/mol. The quantitative estimate of drug-likeness (QED) is 0.505. The molecule has 0 aliphatic carbocycles. The molecule has 0 unspecified atom stereocenters. The molecule has 0 bridgehead atoms. The van der Waals surface area contributed by atoms with Crippen LogP contribution in [-0.4, -0.2) is 13.7 Å². The third kappa shape index (κ3) is 6.59. The van der Waals surface area contributed by atoms with Gasteiger partial charge in [0.25, 0.3) is 0 Å². The van der Waals surface area contributed by atoms with E-state index in [9.17, 15) is 0 Å². The minimum Gasteiger partial charge on any atom is -0.494 e. The van der Waals surface area contributed by atoms with Crippen molar-refractivity contribution in [2.24, 2.45) is 0 Å². The summed E-state index contributed by atoms with van der Waals surface area (Å²) in [5, 5.41) is 3.50. The smallest absolute Gasteiger partial charge is 0.147 e. The average molecular weight is 407 g/mol. The number of methoxy groups -OCH3 is 1. The number of ether oxygens (including phenoxy) is 1. The SMILES string of the molecule is CCCCCCCCNCc1cc(Br)c(OC)c(Br)c1. The van der Waals surface area contributed by atoms with Gasteiger partial charge in [-0.1, -0.05) is 39.0 Å². The highest BCUT2D eigenvalue weighted by Crippen LogP contribution is 2.34. The topological polar surface area (TPSA) is 21.3 Å². The molecule has 20 heavy (non-hydrogen) atoms. The number of unbranched alkanes of at least 4 members (excludes halogenated alkanes) is 5. The van der Waals surface area contributed by atoms with Gasteiger partial charge in [-0.15, -0.1) is 0 Å². The molecule has 0 spiro atoms. The maximum atomic E-state index is 5.31. The van der Waals surface area contributed by atoms with E-state index in [-0.39, 0.29) is 0 Å². The first-order valence-electron chi connectivity index (χ1n) is 7.41. The Hall–Kier alpha value is -0.0600. The molecule has 2 nitrogen and oxygen atoms in total. The van der Waals surface area contributed by atoms with E-state index in [0.29, 0.717) is 0 Å². The lowest BCUT2D eigenvalue weighted by molar-refractivity contribution is 0.409. The Morgan fingerprint density at radius 2 is 1.60 bits per heavy atom. The van der Waals surface area contributed by atoms with Crippen molar-refractivity contribution >= 4 is 31.9 Å². The third-order valence-corrected chi connectivity index (χ3v) is 4.48. The summed E-state index contributed by atoms with van der Waals surface area (Å²) in [6, 6.07) is 4.22. The fraction of sp³-hybridized carbons (Fsp3) is 0.625. The highest BCUT2D eigenvalue weighted by atomic mass is 79.9. The molecule has 0 amide bonds. The highest BCUT2D eigenvalue weighted by Gasteiger charge is 2.07. The fourth-order valence-electron chi connectivity index (χ4n) is 2.17. The Labute approximate surface area is 139 Å². The van der Waals surface area contributed by atoms with Crippen molar-refractivity contribution in [1.82, 2.24) is 5.32 Å². The summed E-state index contributed by atoms with van der Waals surface area (Å²) in [4.78, 5) is 0. The summed E-state index contributed by atoms with van der Waals surface area (Å²) in [5.41, 5.74) is 1.26. The molecule has 1 aromatic carbocycles. The number of nitrogens with one attached hydrogen (secondary N) is 1. The first kappa shape index (κ1) is 18.0. The molecule has 0 aliphatic rings. The van der Waals surface area contributed by atoms with Gasteiger partial charge in [0.15, 0.2) is 0 Å². The van der Waals surface area contributed by atoms with E-state index >= 15 is 0 Å². The minimum atomic E-state index is 0.852. The van der Waals surface area contributed by atoms with Crippen molar-refractivity contribution in [2.45, 2.75) is 52.0 Å². The van der Waals surface area contributed by atoms with E-state index in [1.165, 1.54) is 44.1 Å². The number of benzene rings is 1. The second kappa shape index (κ2) is 10.6. The van der Waals surface area contributed by atoms with Crippen LogP contribution in [0.3, 0.4) is 0 Å². The highest BCUT2D eigenvalue weighted by molar-refractivity contribution is 9.11. The lowest BCUT2D eigenvalue weighted by Gasteiger charge is -2.10. The summed E-state index contributed by atoms with van der Waals surface area (Å²) in [6.45, 7) is 4.25. The van der Waals surface area contributed by atoms with Crippen LogP contribution in [0.2, 0.25) is 0 Å². The van der Waals surface area contributed by atoms with Gasteiger partial charge in [-0.25, -0.2) is 0 Å². The molecule has 0 atom stereocenters. The molecule has 0 fully saturated rings. The molecule has 1 rings (SSSR count). The van der Waals surface area contributed by atoms with E-state index in [4.69, 9.17) is 4.74 Å². The van der Waals surface area contributed by atoms with Gasteiger partial charge in [0.05, 0.1) is 16.1 Å². The van der Waals surface area contributed by atoms with Crippen molar-refractivity contribution in [1.29, 1.82) is 0 Å². The number of halogens is 2. The van der Waals surface area contributed by atoms with Gasteiger partial charge >= 0.3 is 0 Å². The van der Waals surface area contributed by atoms with Crippen LogP contribution in [0.15, 0.2) is 21.1 Å². The van der Waals surface area contributed by atoms with E-state index in [1.807, 2.05) is 0 Å². The lowest BCUT2D eigenvalue weighted by atomic mass is 10.1. The zero-order valence-electron chi connectivity index (χ0n) is 12.5. The zero-order chi connectivity index (χ0) is 14.8. The Bertz CT molecular complexity index is 373. The van der Waals surface area contributed by atoms with E-state index in [2.05, 4.69) is 56.2 Å². The molecule has 0 heterocycles. The first-order chi connectivity index (χ1) is 9.69. The Morgan fingerprint density at radius 3 is 2.20 bits per heavy atom. The maximum Gasteiger partial charge on any atom is 0.147 e. The predicted molar refractivity (Wildman–Crippen MR) is 93.5 cm³/mol. The number of hydrogen-bond acceptors (Lipinski definition) is 2. The van der Waals surface area contributed by atoms with Crippen LogP contribution < -0.4 is 10.1 Å². The minimum absolute atomic E-state index is 0.852. The molecule has 114 valence electrons. The van der Waals surface area contributed by atoms with Crippen molar-refractivity contribution < 1.29 is 4.74 Å². The van der Waals surface area contributed by atoms with Gasteiger partial charge in [-0.05, 0) is 62.5 Å². The molecule has 0 saturated carbocycles. The van der Waals surface area contributed by atoms with Gasteiger partial charge in [-0.3, -0.25) is 0 Å². The average Bonchev–Trinajstić information content (AvgIpc) is 2.41. The lowest BCUT2D eigenvalue weighted by Crippen LogP contribution is -2.14. The Morgan fingerprint density at radius 1 is 1.00 bits per heavy atom. The van der Waals surface area contributed by atoms with Crippen molar-refractivity contribution in [3.8, 4) is 5.75 Å². The molecule has 0 aliphatic heterocycles. The summed E-state index contributed by atoms with van der Waals surface area (Å²) < 4.78 is 7.29. The fourth-order valence-corrected chi connectivity index (χ4v) is 3.78. The molecular weight excluding hydrogens is 382 g/mol. The Balaban J connectivity index is 2.22. The molecule has 0 saturated heterocycles. The van der Waals surface area contributed by atoms with Gasteiger partial charge in [0.2, 0.25) is 0 Å². The molecule has 0 aromatic heterocycles. The van der Waals surface area contributed by atoms with E-state index in [1.54, 1.807) is 7.11 Å². The molecular formula is C16H25Br2NO. The van der Waals surface area contributed by atoms with Crippen molar-refractivity contribution in [3.63, 3.8) is 0 Å². The van der Waals surface area contributed by atoms with Crippen LogP contribution in [0.1, 0.15) is 51.0 Å². The summed E-state index contributed by atoms with van der Waals surface area (Å²) in [6.07, 6.45) is 8.05. The Kier molecular flexibility index (Phi) is 9.57. The molecule has 4 heteroatoms. The van der Waals surface area contributed by atoms with Gasteiger partial charge in [0.1, 0.15) is 5.75 Å². The summed E-state index contributed by atoms with van der Waals surface area (Å²) in [5.74, 6) is 0.852. The summed E-state index contributed by atoms with van der Waals surface area (Å²) >= 11 is 7.07. The van der Waals surface area contributed by atoms with Crippen LogP contribution in [0.25, 0.3) is 0 Å². The molecule has 1 N–H and O–H groups in total. The third-order valence-electron chi connectivity index (χ3n) is 3.30. The van der Waals surface area contributed by atoms with E-state index < -0.39 is 0 Å². The van der Waals surface area contributed by atoms with Crippen LogP contribution in [-0.2, 0) is 6.54 Å². The first-order valence-corrected chi connectivity index (χ1v) is 9.00. The van der Waals surface area contributed by atoms with Gasteiger partial charge in [-0.2, -0.15) is 0 Å². The second-order valence-electron chi connectivity index (χ2n) is 5.04. The standard InChI is InChI=1S/C16H25Br2NO/c1-3-4-5-6-7-8-9-19-12-13-10-14(17)16(20-2)15(18)11-13/h10-11,19H,3-9,12H2,1-2H3. The molecule has 0 radical (unpaired) electrons. The summed E-state index contributed by atoms with van der Waals surface area (Å²) in [7, 11) is 1.68.